The number of piperazine rings is 1. The quantitative estimate of drug-likeness (QED) is 0.798. The minimum atomic E-state index is -3.49. The Balaban J connectivity index is 1.56. The molecule has 0 unspecified atom stereocenters. The second-order valence-corrected chi connectivity index (χ2v) is 8.68. The molecule has 1 aliphatic rings. The van der Waals surface area contributed by atoms with E-state index in [1.807, 2.05) is 30.0 Å². The molecule has 0 aliphatic carbocycles. The van der Waals surface area contributed by atoms with Gasteiger partial charge in [-0.25, -0.2) is 8.42 Å². The molecular weight excluding hydrogens is 378 g/mol. The maximum atomic E-state index is 12.7. The summed E-state index contributed by atoms with van der Waals surface area (Å²) >= 11 is 0. The first kappa shape index (κ1) is 20.3. The Morgan fingerprint density at radius 2 is 1.75 bits per heavy atom. The summed E-state index contributed by atoms with van der Waals surface area (Å²) in [7, 11) is -1.92. The van der Waals surface area contributed by atoms with Crippen molar-refractivity contribution in [2.24, 2.45) is 0 Å². The van der Waals surface area contributed by atoms with Gasteiger partial charge >= 0.3 is 0 Å². The molecule has 1 amide bonds. The van der Waals surface area contributed by atoms with Crippen molar-refractivity contribution in [2.45, 2.75) is 11.8 Å². The van der Waals surface area contributed by atoms with Crippen molar-refractivity contribution in [2.75, 3.05) is 45.2 Å². The van der Waals surface area contributed by atoms with Crippen LogP contribution in [0.1, 0.15) is 5.56 Å². The van der Waals surface area contributed by atoms with Crippen molar-refractivity contribution >= 4 is 21.6 Å². The molecule has 1 heterocycles. The summed E-state index contributed by atoms with van der Waals surface area (Å²) in [5, 5.41) is 2.88. The number of methoxy groups -OCH3 is 1. The van der Waals surface area contributed by atoms with Crippen LogP contribution in [0.5, 0.6) is 5.75 Å². The summed E-state index contributed by atoms with van der Waals surface area (Å²) in [6.07, 6.45) is 0. The third-order valence-corrected chi connectivity index (χ3v) is 6.62. The molecule has 3 rings (SSSR count). The molecule has 150 valence electrons. The SMILES string of the molecule is COc1ccc(C)cc1NC(=O)CN1CCN(S(=O)(=O)c2ccccc2)CC1. The zero-order valence-corrected chi connectivity index (χ0v) is 16.9. The highest BCUT2D eigenvalue weighted by molar-refractivity contribution is 7.89. The van der Waals surface area contributed by atoms with E-state index in [0.29, 0.717) is 42.5 Å². The van der Waals surface area contributed by atoms with E-state index in [9.17, 15) is 13.2 Å². The number of nitrogens with one attached hydrogen (secondary N) is 1. The maximum absolute atomic E-state index is 12.7. The molecule has 0 saturated carbocycles. The summed E-state index contributed by atoms with van der Waals surface area (Å²) in [4.78, 5) is 14.7. The van der Waals surface area contributed by atoms with Crippen LogP contribution in [-0.2, 0) is 14.8 Å². The first-order valence-electron chi connectivity index (χ1n) is 9.12. The van der Waals surface area contributed by atoms with Crippen LogP contribution in [0.25, 0.3) is 0 Å². The fraction of sp³-hybridized carbons (Fsp3) is 0.350. The number of aryl methyl sites for hydroxylation is 1. The molecule has 0 aromatic heterocycles. The third kappa shape index (κ3) is 4.70. The molecule has 1 saturated heterocycles. The smallest absolute Gasteiger partial charge is 0.243 e. The summed E-state index contributed by atoms with van der Waals surface area (Å²) in [5.41, 5.74) is 1.66. The molecule has 28 heavy (non-hydrogen) atoms. The van der Waals surface area contributed by atoms with E-state index in [1.54, 1.807) is 37.4 Å². The number of rotatable bonds is 6. The Labute approximate surface area is 166 Å². The number of nitrogens with zero attached hydrogens (tertiary/aromatic N) is 2. The molecular formula is C20H25N3O4S. The minimum Gasteiger partial charge on any atom is -0.495 e. The van der Waals surface area contributed by atoms with Crippen molar-refractivity contribution in [3.8, 4) is 5.75 Å². The van der Waals surface area contributed by atoms with E-state index >= 15 is 0 Å². The molecule has 1 aliphatic heterocycles. The number of sulfonamides is 1. The van der Waals surface area contributed by atoms with Gasteiger partial charge in [-0.1, -0.05) is 24.3 Å². The van der Waals surface area contributed by atoms with Gasteiger partial charge in [0.05, 0.1) is 24.2 Å². The van der Waals surface area contributed by atoms with Gasteiger partial charge < -0.3 is 10.1 Å². The van der Waals surface area contributed by atoms with Gasteiger partial charge in [-0.2, -0.15) is 4.31 Å². The van der Waals surface area contributed by atoms with Crippen LogP contribution in [0, 0.1) is 6.92 Å². The van der Waals surface area contributed by atoms with Crippen LogP contribution in [0.15, 0.2) is 53.4 Å². The maximum Gasteiger partial charge on any atom is 0.243 e. The molecule has 8 heteroatoms. The highest BCUT2D eigenvalue weighted by Crippen LogP contribution is 2.25. The van der Waals surface area contributed by atoms with E-state index in [-0.39, 0.29) is 12.5 Å². The van der Waals surface area contributed by atoms with Gasteiger partial charge in [-0.3, -0.25) is 9.69 Å². The number of benzene rings is 2. The Morgan fingerprint density at radius 1 is 1.07 bits per heavy atom. The molecule has 0 atom stereocenters. The van der Waals surface area contributed by atoms with Crippen molar-refractivity contribution < 1.29 is 17.9 Å². The Bertz CT molecular complexity index is 924. The molecule has 0 radical (unpaired) electrons. The predicted octanol–water partition coefficient (Wildman–Crippen LogP) is 1.95. The van der Waals surface area contributed by atoms with E-state index in [1.165, 1.54) is 4.31 Å². The van der Waals surface area contributed by atoms with E-state index in [0.717, 1.165) is 5.56 Å². The van der Waals surface area contributed by atoms with Crippen molar-refractivity contribution in [3.05, 3.63) is 54.1 Å². The van der Waals surface area contributed by atoms with Gasteiger partial charge in [-0.15, -0.1) is 0 Å². The molecule has 0 bridgehead atoms. The summed E-state index contributed by atoms with van der Waals surface area (Å²) < 4.78 is 32.1. The lowest BCUT2D eigenvalue weighted by molar-refractivity contribution is -0.117. The van der Waals surface area contributed by atoms with Crippen LogP contribution in [0.4, 0.5) is 5.69 Å². The second-order valence-electron chi connectivity index (χ2n) is 6.75. The zero-order chi connectivity index (χ0) is 20.1. The highest BCUT2D eigenvalue weighted by atomic mass is 32.2. The number of carbonyl (C=O) groups is 1. The first-order valence-corrected chi connectivity index (χ1v) is 10.6. The average Bonchev–Trinajstić information content (AvgIpc) is 2.69. The number of hydrogen-bond acceptors (Lipinski definition) is 5. The van der Waals surface area contributed by atoms with Gasteiger partial charge in [0.1, 0.15) is 5.75 Å². The summed E-state index contributed by atoms with van der Waals surface area (Å²) in [6.45, 7) is 3.88. The van der Waals surface area contributed by atoms with Crippen molar-refractivity contribution in [3.63, 3.8) is 0 Å². The van der Waals surface area contributed by atoms with E-state index in [2.05, 4.69) is 5.32 Å². The lowest BCUT2D eigenvalue weighted by Crippen LogP contribution is -2.50. The molecule has 1 N–H and O–H groups in total. The van der Waals surface area contributed by atoms with Gasteiger partial charge in [0, 0.05) is 26.2 Å². The normalized spacial score (nSPS) is 15.9. The summed E-state index contributed by atoms with van der Waals surface area (Å²) in [6, 6.07) is 14.0. The highest BCUT2D eigenvalue weighted by Gasteiger charge is 2.28. The van der Waals surface area contributed by atoms with Crippen LogP contribution < -0.4 is 10.1 Å². The first-order chi connectivity index (χ1) is 13.4. The van der Waals surface area contributed by atoms with Gasteiger partial charge in [0.15, 0.2) is 0 Å². The fourth-order valence-corrected chi connectivity index (χ4v) is 4.63. The fourth-order valence-electron chi connectivity index (χ4n) is 3.18. The van der Waals surface area contributed by atoms with Crippen molar-refractivity contribution in [1.82, 2.24) is 9.21 Å². The van der Waals surface area contributed by atoms with Crippen LogP contribution in [0.3, 0.4) is 0 Å². The standard InChI is InChI=1S/C20H25N3O4S/c1-16-8-9-19(27-2)18(14-16)21-20(24)15-22-10-12-23(13-11-22)28(25,26)17-6-4-3-5-7-17/h3-9,14H,10-13,15H2,1-2H3,(H,21,24). The predicted molar refractivity (Wildman–Crippen MR) is 108 cm³/mol. The van der Waals surface area contributed by atoms with E-state index in [4.69, 9.17) is 4.74 Å². The van der Waals surface area contributed by atoms with Gasteiger partial charge in [0.25, 0.3) is 0 Å². The average molecular weight is 404 g/mol. The number of anilines is 1. The lowest BCUT2D eigenvalue weighted by Gasteiger charge is -2.33. The molecule has 7 nitrogen and oxygen atoms in total. The Hall–Kier alpha value is -2.42. The number of amides is 1. The van der Waals surface area contributed by atoms with Crippen molar-refractivity contribution in [1.29, 1.82) is 0 Å². The second kappa shape index (κ2) is 8.72. The molecule has 0 spiro atoms. The third-order valence-electron chi connectivity index (χ3n) is 4.71. The Kier molecular flexibility index (Phi) is 6.33. The van der Waals surface area contributed by atoms with Gasteiger partial charge in [-0.05, 0) is 36.8 Å². The van der Waals surface area contributed by atoms with Crippen LogP contribution >= 0.6 is 0 Å². The topological polar surface area (TPSA) is 79.0 Å². The molecule has 1 fully saturated rings. The molecule has 2 aromatic rings. The molecule has 2 aromatic carbocycles. The Morgan fingerprint density at radius 3 is 2.39 bits per heavy atom. The van der Waals surface area contributed by atoms with E-state index < -0.39 is 10.0 Å². The minimum absolute atomic E-state index is 0.150. The largest absolute Gasteiger partial charge is 0.495 e. The lowest BCUT2D eigenvalue weighted by atomic mass is 10.2. The number of hydrogen-bond donors (Lipinski definition) is 1. The number of ether oxygens (including phenoxy) is 1. The van der Waals surface area contributed by atoms with Crippen LogP contribution in [0.2, 0.25) is 0 Å². The number of carbonyl (C=O) groups excluding carboxylic acids is 1. The zero-order valence-electron chi connectivity index (χ0n) is 16.1. The monoisotopic (exact) mass is 403 g/mol. The summed E-state index contributed by atoms with van der Waals surface area (Å²) in [5.74, 6) is 0.459. The van der Waals surface area contributed by atoms with Crippen LogP contribution in [-0.4, -0.2) is 63.4 Å². The van der Waals surface area contributed by atoms with Gasteiger partial charge in [0.2, 0.25) is 15.9 Å².